The third-order valence-electron chi connectivity index (χ3n) is 2.82. The number of hydrogen-bond donors (Lipinski definition) is 3. The number of benzene rings is 1. The van der Waals surface area contributed by atoms with Gasteiger partial charge in [0.2, 0.25) is 0 Å². The number of thiophene rings is 1. The summed E-state index contributed by atoms with van der Waals surface area (Å²) in [6.07, 6.45) is 2.28. The van der Waals surface area contributed by atoms with Gasteiger partial charge in [0.15, 0.2) is 11.5 Å². The number of hydrogen-bond acceptors (Lipinski definition) is 7. The van der Waals surface area contributed by atoms with E-state index in [0.29, 0.717) is 0 Å². The molecule has 3 N–H and O–H groups in total. The van der Waals surface area contributed by atoms with E-state index in [9.17, 15) is 23.4 Å². The SMILES string of the molecule is CCOC(=O)/C=C/c1cc(NS(=O)(=O)c2cccs2)cc(O)c1O. The molecule has 0 spiro atoms. The van der Waals surface area contributed by atoms with Gasteiger partial charge in [0.1, 0.15) is 4.21 Å². The van der Waals surface area contributed by atoms with Crippen molar-refractivity contribution in [3.05, 3.63) is 41.3 Å². The standard InChI is InChI=1S/C15H15NO6S2/c1-2-22-13(18)6-5-10-8-11(9-12(17)15(10)19)16-24(20,21)14-4-3-7-23-14/h3-9,16-17,19H,2H2,1H3/b6-5+. The van der Waals surface area contributed by atoms with Gasteiger partial charge in [-0.05, 0) is 30.5 Å². The molecule has 1 aromatic carbocycles. The molecule has 0 unspecified atom stereocenters. The lowest BCUT2D eigenvalue weighted by Gasteiger charge is -2.09. The highest BCUT2D eigenvalue weighted by Crippen LogP contribution is 2.34. The minimum absolute atomic E-state index is 0.0437. The molecule has 0 aliphatic heterocycles. The number of carbonyl (C=O) groups excluding carboxylic acids is 1. The lowest BCUT2D eigenvalue weighted by atomic mass is 10.1. The molecule has 0 fully saturated rings. The zero-order chi connectivity index (χ0) is 17.7. The summed E-state index contributed by atoms with van der Waals surface area (Å²) in [5, 5.41) is 21.2. The van der Waals surface area contributed by atoms with Gasteiger partial charge in [-0.2, -0.15) is 0 Å². The van der Waals surface area contributed by atoms with Gasteiger partial charge in [0.05, 0.1) is 12.3 Å². The van der Waals surface area contributed by atoms with Gasteiger partial charge in [-0.15, -0.1) is 11.3 Å². The summed E-state index contributed by atoms with van der Waals surface area (Å²) in [6, 6.07) is 5.40. The fraction of sp³-hybridized carbons (Fsp3) is 0.133. The number of carbonyl (C=O) groups is 1. The molecule has 128 valence electrons. The van der Waals surface area contributed by atoms with Gasteiger partial charge in [0.25, 0.3) is 10.0 Å². The molecular formula is C15H15NO6S2. The Morgan fingerprint density at radius 3 is 2.75 bits per heavy atom. The molecular weight excluding hydrogens is 354 g/mol. The number of sulfonamides is 1. The quantitative estimate of drug-likeness (QED) is 0.312. The number of aromatic hydroxyl groups is 2. The molecule has 0 saturated heterocycles. The number of anilines is 1. The molecule has 24 heavy (non-hydrogen) atoms. The maximum absolute atomic E-state index is 12.2. The molecule has 0 radical (unpaired) electrons. The summed E-state index contributed by atoms with van der Waals surface area (Å²) in [6.45, 7) is 1.84. The maximum atomic E-state index is 12.2. The van der Waals surface area contributed by atoms with Crippen LogP contribution in [0.25, 0.3) is 6.08 Å². The number of ether oxygens (including phenoxy) is 1. The first-order valence-corrected chi connectivity index (χ1v) is 9.17. The van der Waals surface area contributed by atoms with Crippen molar-refractivity contribution in [1.29, 1.82) is 0 Å². The number of phenols is 2. The Hall–Kier alpha value is -2.52. The van der Waals surface area contributed by atoms with Crippen LogP contribution in [0.1, 0.15) is 12.5 Å². The van der Waals surface area contributed by atoms with Crippen LogP contribution in [0.2, 0.25) is 0 Å². The first-order valence-electron chi connectivity index (χ1n) is 6.80. The average Bonchev–Trinajstić information content (AvgIpc) is 3.04. The van der Waals surface area contributed by atoms with Crippen LogP contribution >= 0.6 is 11.3 Å². The van der Waals surface area contributed by atoms with E-state index in [1.165, 1.54) is 18.2 Å². The number of rotatable bonds is 6. The molecule has 0 bridgehead atoms. The summed E-state index contributed by atoms with van der Waals surface area (Å²) in [5.74, 6) is -1.62. The van der Waals surface area contributed by atoms with Crippen molar-refractivity contribution < 1.29 is 28.2 Å². The van der Waals surface area contributed by atoms with Crippen LogP contribution < -0.4 is 4.72 Å². The van der Waals surface area contributed by atoms with Gasteiger partial charge in [-0.3, -0.25) is 4.72 Å². The van der Waals surface area contributed by atoms with Crippen LogP contribution in [-0.2, 0) is 19.6 Å². The molecule has 2 aromatic rings. The van der Waals surface area contributed by atoms with Crippen molar-refractivity contribution in [1.82, 2.24) is 0 Å². The van der Waals surface area contributed by atoms with E-state index in [4.69, 9.17) is 4.74 Å². The highest BCUT2D eigenvalue weighted by atomic mass is 32.2. The first-order chi connectivity index (χ1) is 11.3. The second-order valence-electron chi connectivity index (χ2n) is 4.56. The van der Waals surface area contributed by atoms with Crippen molar-refractivity contribution >= 4 is 39.1 Å². The fourth-order valence-corrected chi connectivity index (χ4v) is 3.83. The molecule has 0 amide bonds. The fourth-order valence-electron chi connectivity index (χ4n) is 1.80. The molecule has 9 heteroatoms. The molecule has 7 nitrogen and oxygen atoms in total. The largest absolute Gasteiger partial charge is 0.504 e. The topological polar surface area (TPSA) is 113 Å². The Bertz CT molecular complexity index is 856. The van der Waals surface area contributed by atoms with Crippen molar-refractivity contribution in [2.45, 2.75) is 11.1 Å². The van der Waals surface area contributed by atoms with E-state index in [0.717, 1.165) is 23.5 Å². The summed E-state index contributed by atoms with van der Waals surface area (Å²) in [5.41, 5.74) is 0.106. The van der Waals surface area contributed by atoms with Gasteiger partial charge in [-0.1, -0.05) is 6.07 Å². The summed E-state index contributed by atoms with van der Waals surface area (Å²) in [4.78, 5) is 11.3. The zero-order valence-corrected chi connectivity index (χ0v) is 14.2. The van der Waals surface area contributed by atoms with E-state index in [1.54, 1.807) is 18.4 Å². The first kappa shape index (κ1) is 17.8. The van der Waals surface area contributed by atoms with Crippen molar-refractivity contribution in [3.63, 3.8) is 0 Å². The van der Waals surface area contributed by atoms with Gasteiger partial charge < -0.3 is 14.9 Å². The van der Waals surface area contributed by atoms with Crippen LogP contribution in [0.5, 0.6) is 11.5 Å². The lowest BCUT2D eigenvalue weighted by molar-refractivity contribution is -0.137. The highest BCUT2D eigenvalue weighted by Gasteiger charge is 2.17. The Kier molecular flexibility index (Phi) is 5.47. The van der Waals surface area contributed by atoms with E-state index < -0.39 is 27.5 Å². The number of phenolic OH excluding ortho intramolecular Hbond substituents is 2. The molecule has 0 saturated carbocycles. The minimum Gasteiger partial charge on any atom is -0.504 e. The third-order valence-corrected chi connectivity index (χ3v) is 5.60. The Morgan fingerprint density at radius 1 is 1.38 bits per heavy atom. The lowest BCUT2D eigenvalue weighted by Crippen LogP contribution is -2.11. The number of nitrogens with one attached hydrogen (secondary N) is 1. The van der Waals surface area contributed by atoms with Crippen LogP contribution in [0.15, 0.2) is 39.9 Å². The van der Waals surface area contributed by atoms with Crippen LogP contribution in [0, 0.1) is 0 Å². The van der Waals surface area contributed by atoms with E-state index in [2.05, 4.69) is 4.72 Å². The van der Waals surface area contributed by atoms with Crippen molar-refractivity contribution in [2.24, 2.45) is 0 Å². The molecule has 2 rings (SSSR count). The number of esters is 1. The van der Waals surface area contributed by atoms with Crippen LogP contribution in [0.3, 0.4) is 0 Å². The van der Waals surface area contributed by atoms with Crippen LogP contribution in [0.4, 0.5) is 5.69 Å². The normalized spacial score (nSPS) is 11.5. The predicted molar refractivity (Wildman–Crippen MR) is 90.6 cm³/mol. The highest BCUT2D eigenvalue weighted by molar-refractivity contribution is 7.94. The van der Waals surface area contributed by atoms with Crippen LogP contribution in [-0.4, -0.2) is 31.2 Å². The molecule has 1 aromatic heterocycles. The maximum Gasteiger partial charge on any atom is 0.330 e. The van der Waals surface area contributed by atoms with Crippen molar-refractivity contribution in [3.8, 4) is 11.5 Å². The van der Waals surface area contributed by atoms with Gasteiger partial charge in [0, 0.05) is 17.7 Å². The zero-order valence-electron chi connectivity index (χ0n) is 12.6. The minimum atomic E-state index is -3.80. The molecule has 0 atom stereocenters. The van der Waals surface area contributed by atoms with Gasteiger partial charge in [-0.25, -0.2) is 13.2 Å². The Labute approximate surface area is 142 Å². The summed E-state index contributed by atoms with van der Waals surface area (Å²) < 4.78 is 31.5. The molecule has 0 aliphatic rings. The molecule has 0 aliphatic carbocycles. The third kappa shape index (κ3) is 4.27. The average molecular weight is 369 g/mol. The van der Waals surface area contributed by atoms with Gasteiger partial charge >= 0.3 is 5.97 Å². The van der Waals surface area contributed by atoms with E-state index >= 15 is 0 Å². The van der Waals surface area contributed by atoms with E-state index in [1.807, 2.05) is 0 Å². The van der Waals surface area contributed by atoms with Crippen molar-refractivity contribution in [2.75, 3.05) is 11.3 Å². The smallest absolute Gasteiger partial charge is 0.330 e. The second kappa shape index (κ2) is 7.37. The second-order valence-corrected chi connectivity index (χ2v) is 7.41. The summed E-state index contributed by atoms with van der Waals surface area (Å²) in [7, 11) is -3.80. The predicted octanol–water partition coefficient (Wildman–Crippen LogP) is 2.54. The monoisotopic (exact) mass is 369 g/mol. The summed E-state index contributed by atoms with van der Waals surface area (Å²) >= 11 is 1.04. The molecule has 1 heterocycles. The Balaban J connectivity index is 2.31. The van der Waals surface area contributed by atoms with E-state index in [-0.39, 0.29) is 22.1 Å². The Morgan fingerprint density at radius 2 is 2.12 bits per heavy atom.